The summed E-state index contributed by atoms with van der Waals surface area (Å²) in [6.45, 7) is 7.33. The number of unbranched alkanes of at least 4 members (excludes halogenated alkanes) is 52. The Labute approximate surface area is 607 Å². The Morgan fingerprint density at radius 3 is 0.687 bits per heavy atom. The van der Waals surface area contributed by atoms with Crippen molar-refractivity contribution in [1.82, 2.24) is 0 Å². The number of carbonyl (C=O) groups excluding carboxylic acids is 4. The molecule has 0 radical (unpaired) electrons. The molecule has 0 rings (SSSR count). The molecule has 5 atom stereocenters. The van der Waals surface area contributed by atoms with Crippen molar-refractivity contribution in [3.05, 3.63) is 0 Å². The monoisotopic (exact) mass is 1450 g/mol. The molecule has 0 aromatic rings. The molecule has 0 aliphatic rings. The van der Waals surface area contributed by atoms with Crippen LogP contribution >= 0.6 is 15.6 Å². The molecule has 588 valence electrons. The summed E-state index contributed by atoms with van der Waals surface area (Å²) in [7, 11) is -9.91. The quantitative estimate of drug-likeness (QED) is 0.0222. The predicted octanol–water partition coefficient (Wildman–Crippen LogP) is 24.0. The zero-order chi connectivity index (χ0) is 72.7. The molecule has 17 nitrogen and oxygen atoms in total. The van der Waals surface area contributed by atoms with Gasteiger partial charge in [-0.15, -0.1) is 0 Å². The number of ether oxygens (including phenoxy) is 4. The summed E-state index contributed by atoms with van der Waals surface area (Å²) in [5.74, 6) is -1.30. The average Bonchev–Trinajstić information content (AvgIpc) is 1.01. The fraction of sp³-hybridized carbons (Fsp3) is 0.950. The third kappa shape index (κ3) is 74.1. The Morgan fingerprint density at radius 2 is 0.465 bits per heavy atom. The Morgan fingerprint density at radius 1 is 0.273 bits per heavy atom. The SMILES string of the molecule is CCCCCCCCCCCCCCCCCCCC(=O)OC[C@H](COP(=O)(O)OC[C@@H](O)COP(=O)(O)OC[C@@H](COC(=O)CCCCCCCCCC)OC(=O)CCCCCCCCCCCCCCCCC)OC(=O)CCCCCCCCCCCCCCCCCCC(C)C. The third-order valence-electron chi connectivity index (χ3n) is 18.8. The van der Waals surface area contributed by atoms with Crippen molar-refractivity contribution in [1.29, 1.82) is 0 Å². The lowest BCUT2D eigenvalue weighted by Crippen LogP contribution is -2.30. The summed E-state index contributed by atoms with van der Waals surface area (Å²) in [6, 6.07) is 0. The van der Waals surface area contributed by atoms with E-state index in [-0.39, 0.29) is 25.7 Å². The average molecular weight is 1450 g/mol. The van der Waals surface area contributed by atoms with Crippen molar-refractivity contribution in [3.8, 4) is 0 Å². The van der Waals surface area contributed by atoms with Gasteiger partial charge in [-0.2, -0.15) is 0 Å². The largest absolute Gasteiger partial charge is 0.472 e. The minimum absolute atomic E-state index is 0.108. The molecule has 2 unspecified atom stereocenters. The molecule has 0 saturated carbocycles. The maximum absolute atomic E-state index is 13.1. The van der Waals surface area contributed by atoms with Crippen LogP contribution in [0.15, 0.2) is 0 Å². The van der Waals surface area contributed by atoms with Gasteiger partial charge in [0.2, 0.25) is 0 Å². The van der Waals surface area contributed by atoms with Gasteiger partial charge in [0.05, 0.1) is 26.4 Å². The molecule has 19 heteroatoms. The van der Waals surface area contributed by atoms with Gasteiger partial charge in [-0.05, 0) is 31.6 Å². The van der Waals surface area contributed by atoms with Gasteiger partial charge in [0.15, 0.2) is 12.2 Å². The first-order chi connectivity index (χ1) is 48.0. The van der Waals surface area contributed by atoms with E-state index in [0.29, 0.717) is 25.7 Å². The van der Waals surface area contributed by atoms with E-state index < -0.39 is 97.5 Å². The third-order valence-corrected chi connectivity index (χ3v) is 20.7. The summed E-state index contributed by atoms with van der Waals surface area (Å²) in [5, 5.41) is 10.6. The minimum Gasteiger partial charge on any atom is -0.462 e. The fourth-order valence-corrected chi connectivity index (χ4v) is 14.0. The van der Waals surface area contributed by atoms with E-state index in [4.69, 9.17) is 37.0 Å². The van der Waals surface area contributed by atoms with E-state index in [9.17, 15) is 43.2 Å². The first-order valence-electron chi connectivity index (χ1n) is 41.6. The first-order valence-corrected chi connectivity index (χ1v) is 44.6. The number of aliphatic hydroxyl groups is 1. The van der Waals surface area contributed by atoms with E-state index >= 15 is 0 Å². The lowest BCUT2D eigenvalue weighted by Gasteiger charge is -2.21. The molecule has 0 aliphatic heterocycles. The van der Waals surface area contributed by atoms with Crippen molar-refractivity contribution >= 4 is 39.5 Å². The van der Waals surface area contributed by atoms with Crippen LogP contribution in [0.1, 0.15) is 426 Å². The molecule has 0 aromatic carbocycles. The summed E-state index contributed by atoms with van der Waals surface area (Å²) in [5.41, 5.74) is 0. The number of hydrogen-bond donors (Lipinski definition) is 3. The zero-order valence-corrected chi connectivity index (χ0v) is 66.4. The van der Waals surface area contributed by atoms with E-state index in [1.807, 2.05) is 0 Å². The van der Waals surface area contributed by atoms with E-state index in [0.717, 1.165) is 102 Å². The predicted molar refractivity (Wildman–Crippen MR) is 405 cm³/mol. The number of phosphoric acid groups is 2. The smallest absolute Gasteiger partial charge is 0.462 e. The molecular formula is C80H156O17P2. The lowest BCUT2D eigenvalue weighted by atomic mass is 10.0. The van der Waals surface area contributed by atoms with Gasteiger partial charge in [0, 0.05) is 25.7 Å². The number of esters is 4. The minimum atomic E-state index is -4.96. The van der Waals surface area contributed by atoms with Crippen molar-refractivity contribution in [3.63, 3.8) is 0 Å². The molecule has 0 aromatic heterocycles. The molecule has 3 N–H and O–H groups in total. The number of carbonyl (C=O) groups is 4. The topological polar surface area (TPSA) is 237 Å². The highest BCUT2D eigenvalue weighted by atomic mass is 31.2. The van der Waals surface area contributed by atoms with Crippen molar-refractivity contribution in [2.45, 2.75) is 445 Å². The Kier molecular flexibility index (Phi) is 71.6. The number of rotatable bonds is 80. The van der Waals surface area contributed by atoms with Gasteiger partial charge in [-0.3, -0.25) is 37.3 Å². The molecule has 0 heterocycles. The zero-order valence-electron chi connectivity index (χ0n) is 64.6. The second-order valence-electron chi connectivity index (χ2n) is 29.3. The molecule has 0 bridgehead atoms. The van der Waals surface area contributed by atoms with E-state index in [1.165, 1.54) is 244 Å². The Bertz CT molecular complexity index is 1890. The highest BCUT2D eigenvalue weighted by Gasteiger charge is 2.30. The van der Waals surface area contributed by atoms with Gasteiger partial charge >= 0.3 is 39.5 Å². The first kappa shape index (κ1) is 97.1. The summed E-state index contributed by atoms with van der Waals surface area (Å²) in [6.07, 6.45) is 63.8. The Balaban J connectivity index is 5.20. The van der Waals surface area contributed by atoms with Gasteiger partial charge in [-0.25, -0.2) is 9.13 Å². The second kappa shape index (κ2) is 73.0. The van der Waals surface area contributed by atoms with E-state index in [2.05, 4.69) is 34.6 Å². The van der Waals surface area contributed by atoms with Crippen LogP contribution in [0.25, 0.3) is 0 Å². The van der Waals surface area contributed by atoms with Crippen LogP contribution in [0.4, 0.5) is 0 Å². The van der Waals surface area contributed by atoms with Gasteiger partial charge in [0.1, 0.15) is 19.3 Å². The molecule has 0 fully saturated rings. The maximum atomic E-state index is 13.1. The van der Waals surface area contributed by atoms with Crippen LogP contribution in [0.2, 0.25) is 0 Å². The summed E-state index contributed by atoms with van der Waals surface area (Å²) < 4.78 is 68.6. The van der Waals surface area contributed by atoms with Gasteiger partial charge in [-0.1, -0.05) is 375 Å². The summed E-state index contributed by atoms with van der Waals surface area (Å²) in [4.78, 5) is 72.9. The molecule has 0 saturated heterocycles. The van der Waals surface area contributed by atoms with Crippen molar-refractivity contribution < 1.29 is 80.2 Å². The molecular weight excluding hydrogens is 1290 g/mol. The highest BCUT2D eigenvalue weighted by Crippen LogP contribution is 2.45. The van der Waals surface area contributed by atoms with Crippen LogP contribution in [0.5, 0.6) is 0 Å². The fourth-order valence-electron chi connectivity index (χ4n) is 12.4. The molecule has 0 aliphatic carbocycles. The molecule has 99 heavy (non-hydrogen) atoms. The Hall–Kier alpha value is -1.94. The standard InChI is InChI=1S/C80H156O17P2/c1-6-9-12-15-18-21-23-25-27-28-33-36-40-44-49-54-59-64-78(83)91-70-76(97-80(85)66-61-56-51-46-42-38-34-30-29-32-35-39-43-47-52-57-62-73(4)5)72-95-99(88,89)93-68-74(81)67-92-98(86,87)94-71-75(69-90-77(82)63-58-53-48-20-17-14-11-8-3)96-79(84)65-60-55-50-45-41-37-31-26-24-22-19-16-13-10-7-2/h73-76,81H,6-72H2,1-5H3,(H,86,87)(H,88,89)/t74-,75+,76+/m0/s1. The van der Waals surface area contributed by atoms with Crippen molar-refractivity contribution in [2.24, 2.45) is 5.92 Å². The number of hydrogen-bond acceptors (Lipinski definition) is 15. The van der Waals surface area contributed by atoms with Gasteiger partial charge in [0.25, 0.3) is 0 Å². The molecule has 0 spiro atoms. The maximum Gasteiger partial charge on any atom is 0.472 e. The van der Waals surface area contributed by atoms with Crippen molar-refractivity contribution in [2.75, 3.05) is 39.6 Å². The van der Waals surface area contributed by atoms with Crippen LogP contribution in [0, 0.1) is 5.92 Å². The van der Waals surface area contributed by atoms with Crippen LogP contribution in [-0.4, -0.2) is 96.7 Å². The normalized spacial score (nSPS) is 13.9. The van der Waals surface area contributed by atoms with Crippen LogP contribution in [-0.2, 0) is 65.4 Å². The van der Waals surface area contributed by atoms with Gasteiger partial charge < -0.3 is 33.8 Å². The number of phosphoric ester groups is 2. The lowest BCUT2D eigenvalue weighted by molar-refractivity contribution is -0.161. The second-order valence-corrected chi connectivity index (χ2v) is 32.2. The highest BCUT2D eigenvalue weighted by molar-refractivity contribution is 7.47. The molecule has 0 amide bonds. The van der Waals surface area contributed by atoms with Crippen LogP contribution in [0.3, 0.4) is 0 Å². The number of aliphatic hydroxyl groups excluding tert-OH is 1. The summed E-state index contributed by atoms with van der Waals surface area (Å²) >= 11 is 0. The van der Waals surface area contributed by atoms with E-state index in [1.54, 1.807) is 0 Å². The van der Waals surface area contributed by atoms with Crippen LogP contribution < -0.4 is 0 Å².